The molecule has 4 heteroatoms. The zero-order valence-corrected chi connectivity index (χ0v) is 4.18. The summed E-state index contributed by atoms with van der Waals surface area (Å²) in [5.41, 5.74) is 0.663. The van der Waals surface area contributed by atoms with E-state index >= 15 is 0 Å². The predicted octanol–water partition coefficient (Wildman–Crippen LogP) is -1.85. The molecule has 5 N–H and O–H groups in total. The number of hydrazine groups is 1. The Balaban J connectivity index is 3.36. The van der Waals surface area contributed by atoms with Gasteiger partial charge < -0.3 is 10.2 Å². The number of nitrogens with one attached hydrogen (secondary N) is 1. The molecule has 0 aliphatic rings. The SMILES string of the molecule is CC(O)(CO)NN. The minimum atomic E-state index is -1.33. The molecule has 0 aromatic heterocycles. The summed E-state index contributed by atoms with van der Waals surface area (Å²) in [6, 6.07) is 0. The van der Waals surface area contributed by atoms with Gasteiger partial charge in [0.2, 0.25) is 0 Å². The van der Waals surface area contributed by atoms with Crippen LogP contribution in [0.4, 0.5) is 0 Å². The highest BCUT2D eigenvalue weighted by Crippen LogP contribution is 1.89. The van der Waals surface area contributed by atoms with Gasteiger partial charge in [-0.2, -0.15) is 0 Å². The highest BCUT2D eigenvalue weighted by molar-refractivity contribution is 4.60. The molecular formula is C3H10N2O2. The monoisotopic (exact) mass is 106 g/mol. The lowest BCUT2D eigenvalue weighted by Gasteiger charge is -2.17. The van der Waals surface area contributed by atoms with Crippen molar-refractivity contribution < 1.29 is 10.2 Å². The molecule has 0 heterocycles. The van der Waals surface area contributed by atoms with Gasteiger partial charge >= 0.3 is 0 Å². The third-order valence-electron chi connectivity index (χ3n) is 0.619. The largest absolute Gasteiger partial charge is 0.392 e. The van der Waals surface area contributed by atoms with Gasteiger partial charge in [0, 0.05) is 0 Å². The predicted molar refractivity (Wildman–Crippen MR) is 25.0 cm³/mol. The molecule has 0 aromatic carbocycles. The Morgan fingerprint density at radius 1 is 1.86 bits per heavy atom. The van der Waals surface area contributed by atoms with Gasteiger partial charge in [-0.05, 0) is 6.92 Å². The van der Waals surface area contributed by atoms with Crippen molar-refractivity contribution in [3.63, 3.8) is 0 Å². The van der Waals surface area contributed by atoms with E-state index in [0.717, 1.165) is 0 Å². The summed E-state index contributed by atoms with van der Waals surface area (Å²) >= 11 is 0. The highest BCUT2D eigenvalue weighted by Gasteiger charge is 2.13. The smallest absolute Gasteiger partial charge is 0.148 e. The van der Waals surface area contributed by atoms with Crippen LogP contribution < -0.4 is 11.3 Å². The number of aliphatic hydroxyl groups excluding tert-OH is 1. The molecule has 0 aliphatic carbocycles. The van der Waals surface area contributed by atoms with Crippen molar-refractivity contribution in [3.05, 3.63) is 0 Å². The van der Waals surface area contributed by atoms with Crippen LogP contribution in [0.2, 0.25) is 0 Å². The van der Waals surface area contributed by atoms with Crippen LogP contribution in [0, 0.1) is 0 Å². The maximum Gasteiger partial charge on any atom is 0.148 e. The van der Waals surface area contributed by atoms with Crippen molar-refractivity contribution in [1.29, 1.82) is 0 Å². The minimum Gasteiger partial charge on any atom is -0.392 e. The van der Waals surface area contributed by atoms with Gasteiger partial charge in [0.1, 0.15) is 5.72 Å². The normalized spacial score (nSPS) is 18.9. The fourth-order valence-corrected chi connectivity index (χ4v) is 0.0456. The third kappa shape index (κ3) is 2.52. The zero-order chi connectivity index (χ0) is 5.91. The Morgan fingerprint density at radius 3 is 2.29 bits per heavy atom. The van der Waals surface area contributed by atoms with Crippen molar-refractivity contribution in [2.45, 2.75) is 12.6 Å². The quantitative estimate of drug-likeness (QED) is 0.189. The average molecular weight is 106 g/mol. The van der Waals surface area contributed by atoms with E-state index in [2.05, 4.69) is 0 Å². The first kappa shape index (κ1) is 6.84. The number of rotatable bonds is 2. The summed E-state index contributed by atoms with van der Waals surface area (Å²) in [7, 11) is 0. The van der Waals surface area contributed by atoms with Gasteiger partial charge in [0.05, 0.1) is 6.61 Å². The summed E-state index contributed by atoms with van der Waals surface area (Å²) in [5.74, 6) is 4.76. The van der Waals surface area contributed by atoms with Crippen LogP contribution in [-0.4, -0.2) is 22.5 Å². The first-order valence-electron chi connectivity index (χ1n) is 1.93. The number of hydrogen-bond acceptors (Lipinski definition) is 4. The molecule has 0 fully saturated rings. The molecule has 0 aliphatic heterocycles. The maximum absolute atomic E-state index is 8.65. The Labute approximate surface area is 41.9 Å². The molecule has 0 spiro atoms. The van der Waals surface area contributed by atoms with E-state index in [4.69, 9.17) is 16.1 Å². The van der Waals surface area contributed by atoms with Crippen LogP contribution in [0.1, 0.15) is 6.92 Å². The highest BCUT2D eigenvalue weighted by atomic mass is 16.3. The summed E-state index contributed by atoms with van der Waals surface area (Å²) in [6.45, 7) is 0.983. The maximum atomic E-state index is 8.65. The summed E-state index contributed by atoms with van der Waals surface area (Å²) < 4.78 is 0. The number of aliphatic hydroxyl groups is 2. The summed E-state index contributed by atoms with van der Waals surface area (Å²) in [4.78, 5) is 0. The first-order chi connectivity index (χ1) is 3.12. The van der Waals surface area contributed by atoms with Crippen molar-refractivity contribution in [2.75, 3.05) is 6.61 Å². The summed E-state index contributed by atoms with van der Waals surface area (Å²) in [5, 5.41) is 16.8. The molecule has 0 saturated heterocycles. The van der Waals surface area contributed by atoms with E-state index in [1.807, 2.05) is 5.43 Å². The van der Waals surface area contributed by atoms with Crippen molar-refractivity contribution in [1.82, 2.24) is 5.43 Å². The van der Waals surface area contributed by atoms with E-state index in [1.165, 1.54) is 6.92 Å². The van der Waals surface area contributed by atoms with Crippen molar-refractivity contribution in [3.8, 4) is 0 Å². The fourth-order valence-electron chi connectivity index (χ4n) is 0.0456. The lowest BCUT2D eigenvalue weighted by atomic mass is 10.3. The molecule has 0 rings (SSSR count). The van der Waals surface area contributed by atoms with Crippen molar-refractivity contribution in [2.24, 2.45) is 5.84 Å². The van der Waals surface area contributed by atoms with Gasteiger partial charge in [0.25, 0.3) is 0 Å². The van der Waals surface area contributed by atoms with Gasteiger partial charge in [-0.25, -0.2) is 5.43 Å². The Hall–Kier alpha value is -0.160. The summed E-state index contributed by atoms with van der Waals surface area (Å²) in [6.07, 6.45) is 0. The lowest BCUT2D eigenvalue weighted by molar-refractivity contribution is -0.0269. The molecule has 1 atom stereocenters. The topological polar surface area (TPSA) is 78.5 Å². The molecule has 0 bridgehead atoms. The first-order valence-corrected chi connectivity index (χ1v) is 1.93. The molecule has 0 amide bonds. The van der Waals surface area contributed by atoms with Gasteiger partial charge in [0.15, 0.2) is 0 Å². The van der Waals surface area contributed by atoms with Crippen molar-refractivity contribution >= 4 is 0 Å². The molecule has 0 saturated carbocycles. The molecule has 0 radical (unpaired) electrons. The Bertz CT molecular complexity index is 48.9. The van der Waals surface area contributed by atoms with E-state index < -0.39 is 5.72 Å². The second-order valence-corrected chi connectivity index (χ2v) is 1.58. The van der Waals surface area contributed by atoms with Gasteiger partial charge in [-0.1, -0.05) is 0 Å². The standard InChI is InChI=1S/C3H10N2O2/c1-3(7,2-6)5-4/h5-7H,2,4H2,1H3. The van der Waals surface area contributed by atoms with Crippen LogP contribution in [0.3, 0.4) is 0 Å². The second kappa shape index (κ2) is 2.23. The fraction of sp³-hybridized carbons (Fsp3) is 1.00. The van der Waals surface area contributed by atoms with Crippen LogP contribution in [0.15, 0.2) is 0 Å². The van der Waals surface area contributed by atoms with Crippen LogP contribution in [0.5, 0.6) is 0 Å². The second-order valence-electron chi connectivity index (χ2n) is 1.58. The zero-order valence-electron chi connectivity index (χ0n) is 4.18. The van der Waals surface area contributed by atoms with E-state index in [1.54, 1.807) is 0 Å². The molecule has 1 unspecified atom stereocenters. The van der Waals surface area contributed by atoms with Gasteiger partial charge in [-0.15, -0.1) is 0 Å². The van der Waals surface area contributed by atoms with E-state index in [0.29, 0.717) is 0 Å². The van der Waals surface area contributed by atoms with Gasteiger partial charge in [-0.3, -0.25) is 5.84 Å². The van der Waals surface area contributed by atoms with Crippen LogP contribution in [-0.2, 0) is 0 Å². The molecule has 0 aromatic rings. The Morgan fingerprint density at radius 2 is 2.29 bits per heavy atom. The number of nitrogens with two attached hydrogens (primary N) is 1. The van der Waals surface area contributed by atoms with E-state index in [-0.39, 0.29) is 6.61 Å². The minimum absolute atomic E-state index is 0.385. The number of hydrogen-bond donors (Lipinski definition) is 4. The molecular weight excluding hydrogens is 96.0 g/mol. The Kier molecular flexibility index (Phi) is 2.17. The van der Waals surface area contributed by atoms with Crippen LogP contribution in [0.25, 0.3) is 0 Å². The lowest BCUT2D eigenvalue weighted by Crippen LogP contribution is -2.49. The molecule has 4 nitrogen and oxygen atoms in total. The van der Waals surface area contributed by atoms with Crippen LogP contribution >= 0.6 is 0 Å². The molecule has 44 valence electrons. The molecule has 7 heavy (non-hydrogen) atoms. The van der Waals surface area contributed by atoms with E-state index in [9.17, 15) is 0 Å². The average Bonchev–Trinajstić information content (AvgIpc) is 1.68. The third-order valence-corrected chi connectivity index (χ3v) is 0.619.